The molecule has 1 unspecified atom stereocenters. The van der Waals surface area contributed by atoms with Crippen molar-refractivity contribution in [3.05, 3.63) is 24.2 Å². The maximum absolute atomic E-state index is 6.10. The number of anilines is 1. The lowest BCUT2D eigenvalue weighted by Gasteiger charge is -2.22. The van der Waals surface area contributed by atoms with E-state index in [9.17, 15) is 0 Å². The predicted octanol–water partition coefficient (Wildman–Crippen LogP) is 2.49. The lowest BCUT2D eigenvalue weighted by atomic mass is 9.92. The quantitative estimate of drug-likeness (QED) is 0.909. The molecule has 2 aromatic rings. The van der Waals surface area contributed by atoms with E-state index in [1.807, 2.05) is 16.9 Å². The van der Waals surface area contributed by atoms with Crippen LogP contribution in [0, 0.1) is 0 Å². The number of nitrogen functional groups attached to an aromatic ring is 1. The molecule has 0 aliphatic carbocycles. The summed E-state index contributed by atoms with van der Waals surface area (Å²) < 4.78 is 14.9. The molecule has 2 N–H and O–H groups in total. The van der Waals surface area contributed by atoms with E-state index in [1.54, 1.807) is 10.9 Å². The molecule has 3 heterocycles. The van der Waals surface area contributed by atoms with Crippen molar-refractivity contribution in [2.24, 2.45) is 0 Å². The minimum absolute atomic E-state index is 0.0385. The largest absolute Gasteiger partial charge is 0.384 e. The Bertz CT molecular complexity index is 665. The number of nitrogens with zero attached hydrogens (tertiary/aromatic N) is 4. The van der Waals surface area contributed by atoms with Crippen molar-refractivity contribution in [2.45, 2.75) is 58.3 Å². The van der Waals surface area contributed by atoms with Crippen LogP contribution in [-0.2, 0) is 21.4 Å². The highest BCUT2D eigenvalue weighted by Gasteiger charge is 2.20. The minimum atomic E-state index is -0.0649. The minimum Gasteiger partial charge on any atom is -0.384 e. The van der Waals surface area contributed by atoms with E-state index in [1.165, 1.54) is 6.42 Å². The number of aromatic nitrogens is 4. The summed E-state index contributed by atoms with van der Waals surface area (Å²) in [6.45, 7) is 8.40. The third-order valence-electron chi connectivity index (χ3n) is 4.13. The first-order valence-electron chi connectivity index (χ1n) is 8.55. The Balaban J connectivity index is 1.60. The van der Waals surface area contributed by atoms with Crippen LogP contribution in [0.3, 0.4) is 0 Å². The highest BCUT2D eigenvalue weighted by Crippen LogP contribution is 2.24. The second-order valence-electron chi connectivity index (χ2n) is 7.24. The fourth-order valence-electron chi connectivity index (χ4n) is 2.67. The summed E-state index contributed by atoms with van der Waals surface area (Å²) in [5.41, 5.74) is 7.88. The van der Waals surface area contributed by atoms with Gasteiger partial charge in [0.25, 0.3) is 0 Å². The van der Waals surface area contributed by atoms with Gasteiger partial charge in [-0.3, -0.25) is 4.68 Å². The van der Waals surface area contributed by atoms with Crippen LogP contribution in [0.5, 0.6) is 0 Å². The molecule has 24 heavy (non-hydrogen) atoms. The SMILES string of the molecule is CC(C)(C)c1cc(N)n(-c2cnn(CCOC3CCCCO3)c2)n1. The zero-order valence-corrected chi connectivity index (χ0v) is 14.7. The third-order valence-corrected chi connectivity index (χ3v) is 4.13. The van der Waals surface area contributed by atoms with Gasteiger partial charge in [0, 0.05) is 18.1 Å². The molecule has 1 aliphatic rings. The molecule has 0 bridgehead atoms. The van der Waals surface area contributed by atoms with Crippen molar-refractivity contribution in [1.82, 2.24) is 19.6 Å². The molecule has 3 rings (SSSR count). The van der Waals surface area contributed by atoms with Gasteiger partial charge in [-0.05, 0) is 19.3 Å². The molecule has 1 saturated heterocycles. The fraction of sp³-hybridized carbons (Fsp3) is 0.647. The predicted molar refractivity (Wildman–Crippen MR) is 92.0 cm³/mol. The summed E-state index contributed by atoms with van der Waals surface area (Å²) in [4.78, 5) is 0. The zero-order valence-electron chi connectivity index (χ0n) is 14.7. The Hall–Kier alpha value is -1.86. The maximum atomic E-state index is 6.10. The van der Waals surface area contributed by atoms with E-state index in [0.29, 0.717) is 19.0 Å². The molecule has 7 heteroatoms. The summed E-state index contributed by atoms with van der Waals surface area (Å²) in [5, 5.41) is 8.97. The van der Waals surface area contributed by atoms with Crippen molar-refractivity contribution in [2.75, 3.05) is 18.9 Å². The fourth-order valence-corrected chi connectivity index (χ4v) is 2.67. The number of hydrogen-bond donors (Lipinski definition) is 1. The molecule has 132 valence electrons. The standard InChI is InChI=1S/C17H27N5O2/c1-17(2,3)14-10-15(18)22(20-14)13-11-19-21(12-13)7-9-24-16-6-4-5-8-23-16/h10-12,16H,4-9,18H2,1-3H3. The average Bonchev–Trinajstić information content (AvgIpc) is 3.14. The van der Waals surface area contributed by atoms with E-state index in [0.717, 1.165) is 30.8 Å². The lowest BCUT2D eigenvalue weighted by molar-refractivity contribution is -0.163. The molecule has 0 aromatic carbocycles. The van der Waals surface area contributed by atoms with Gasteiger partial charge in [-0.1, -0.05) is 20.8 Å². The van der Waals surface area contributed by atoms with E-state index in [-0.39, 0.29) is 11.7 Å². The number of rotatable bonds is 5. The van der Waals surface area contributed by atoms with Crippen LogP contribution in [0.2, 0.25) is 0 Å². The third kappa shape index (κ3) is 3.96. The van der Waals surface area contributed by atoms with Crippen molar-refractivity contribution in [3.63, 3.8) is 0 Å². The van der Waals surface area contributed by atoms with E-state index < -0.39 is 0 Å². The summed E-state index contributed by atoms with van der Waals surface area (Å²) >= 11 is 0. The first-order chi connectivity index (χ1) is 11.4. The molecule has 1 fully saturated rings. The van der Waals surface area contributed by atoms with Crippen LogP contribution >= 0.6 is 0 Å². The van der Waals surface area contributed by atoms with Crippen LogP contribution in [0.25, 0.3) is 5.69 Å². The Morgan fingerprint density at radius 3 is 2.88 bits per heavy atom. The average molecular weight is 333 g/mol. The van der Waals surface area contributed by atoms with Crippen molar-refractivity contribution < 1.29 is 9.47 Å². The van der Waals surface area contributed by atoms with Gasteiger partial charge in [-0.15, -0.1) is 0 Å². The topological polar surface area (TPSA) is 80.1 Å². The lowest BCUT2D eigenvalue weighted by Crippen LogP contribution is -2.24. The first-order valence-corrected chi connectivity index (χ1v) is 8.55. The zero-order chi connectivity index (χ0) is 17.2. The first kappa shape index (κ1) is 17.0. The van der Waals surface area contributed by atoms with Gasteiger partial charge in [-0.25, -0.2) is 4.68 Å². The summed E-state index contributed by atoms with van der Waals surface area (Å²) in [6.07, 6.45) is 6.91. The smallest absolute Gasteiger partial charge is 0.157 e. The Labute approximate surface area is 142 Å². The van der Waals surface area contributed by atoms with Crippen LogP contribution in [0.4, 0.5) is 5.82 Å². The van der Waals surface area contributed by atoms with Crippen molar-refractivity contribution in [3.8, 4) is 5.69 Å². The molecule has 1 atom stereocenters. The Kier molecular flexibility index (Phi) is 4.91. The Morgan fingerprint density at radius 1 is 1.38 bits per heavy atom. The van der Waals surface area contributed by atoms with Gasteiger partial charge < -0.3 is 15.2 Å². The highest BCUT2D eigenvalue weighted by atomic mass is 16.7. The molecule has 7 nitrogen and oxygen atoms in total. The molecule has 0 radical (unpaired) electrons. The number of hydrogen-bond acceptors (Lipinski definition) is 5. The molecule has 0 spiro atoms. The van der Waals surface area contributed by atoms with E-state index >= 15 is 0 Å². The molecule has 0 amide bonds. The molecular weight excluding hydrogens is 306 g/mol. The van der Waals surface area contributed by atoms with Gasteiger partial charge in [-0.2, -0.15) is 10.2 Å². The van der Waals surface area contributed by atoms with Gasteiger partial charge >= 0.3 is 0 Å². The van der Waals surface area contributed by atoms with Crippen molar-refractivity contribution >= 4 is 5.82 Å². The monoisotopic (exact) mass is 333 g/mol. The van der Waals surface area contributed by atoms with Gasteiger partial charge in [0.15, 0.2) is 6.29 Å². The molecule has 2 aromatic heterocycles. The molecule has 1 aliphatic heterocycles. The normalized spacial score (nSPS) is 18.9. The van der Waals surface area contributed by atoms with Gasteiger partial charge in [0.1, 0.15) is 11.5 Å². The number of nitrogens with two attached hydrogens (primary N) is 1. The van der Waals surface area contributed by atoms with E-state index in [4.69, 9.17) is 15.2 Å². The summed E-state index contributed by atoms with van der Waals surface area (Å²) in [6, 6.07) is 1.92. The van der Waals surface area contributed by atoms with Crippen LogP contribution < -0.4 is 5.73 Å². The second kappa shape index (κ2) is 6.94. The molecular formula is C17H27N5O2. The summed E-state index contributed by atoms with van der Waals surface area (Å²) in [5.74, 6) is 0.617. The molecule has 0 saturated carbocycles. The maximum Gasteiger partial charge on any atom is 0.157 e. The number of ether oxygens (including phenoxy) is 2. The van der Waals surface area contributed by atoms with Gasteiger partial charge in [0.05, 0.1) is 31.2 Å². The summed E-state index contributed by atoms with van der Waals surface area (Å²) in [7, 11) is 0. The Morgan fingerprint density at radius 2 is 2.21 bits per heavy atom. The van der Waals surface area contributed by atoms with Crippen molar-refractivity contribution in [1.29, 1.82) is 0 Å². The van der Waals surface area contributed by atoms with Crippen LogP contribution in [0.15, 0.2) is 18.5 Å². The van der Waals surface area contributed by atoms with Crippen LogP contribution in [0.1, 0.15) is 45.7 Å². The van der Waals surface area contributed by atoms with Crippen LogP contribution in [-0.4, -0.2) is 39.1 Å². The second-order valence-corrected chi connectivity index (χ2v) is 7.24. The van der Waals surface area contributed by atoms with E-state index in [2.05, 4.69) is 31.0 Å². The van der Waals surface area contributed by atoms with Gasteiger partial charge in [0.2, 0.25) is 0 Å². The highest BCUT2D eigenvalue weighted by molar-refractivity contribution is 5.42.